The molecule has 0 spiro atoms. The van der Waals surface area contributed by atoms with Gasteiger partial charge in [0, 0.05) is 16.3 Å². The predicted molar refractivity (Wildman–Crippen MR) is 130 cm³/mol. The summed E-state index contributed by atoms with van der Waals surface area (Å²) >= 11 is 0. The van der Waals surface area contributed by atoms with Crippen molar-refractivity contribution in [3.05, 3.63) is 109 Å². The van der Waals surface area contributed by atoms with E-state index >= 15 is 0 Å². The van der Waals surface area contributed by atoms with Crippen molar-refractivity contribution in [1.29, 1.82) is 0 Å². The molecule has 0 atom stereocenters. The predicted octanol–water partition coefficient (Wildman–Crippen LogP) is 7.58. The standard InChI is InChI=1S/C29H20N2/c1-19-25-13-6-5-10-22(25)17-23-14-15-26-28(30-18-31-29(26)27(19)23)24-12-7-11-21(16-24)20-8-3-2-4-9-20/h2-18H,1H3. The summed E-state index contributed by atoms with van der Waals surface area (Å²) in [4.78, 5) is 9.43. The first-order chi connectivity index (χ1) is 15.3. The summed E-state index contributed by atoms with van der Waals surface area (Å²) in [6, 6.07) is 34.2. The number of hydrogen-bond acceptors (Lipinski definition) is 2. The van der Waals surface area contributed by atoms with E-state index in [9.17, 15) is 0 Å². The molecule has 0 aliphatic rings. The Kier molecular flexibility index (Phi) is 4.03. The summed E-state index contributed by atoms with van der Waals surface area (Å²) < 4.78 is 0. The molecule has 0 saturated heterocycles. The molecule has 0 radical (unpaired) electrons. The van der Waals surface area contributed by atoms with Gasteiger partial charge in [0.2, 0.25) is 0 Å². The number of benzene rings is 5. The van der Waals surface area contributed by atoms with Crippen LogP contribution >= 0.6 is 0 Å². The van der Waals surface area contributed by atoms with Crippen molar-refractivity contribution in [2.75, 3.05) is 0 Å². The molecule has 0 amide bonds. The highest BCUT2D eigenvalue weighted by Crippen LogP contribution is 2.36. The third kappa shape index (κ3) is 2.88. The Balaban J connectivity index is 1.62. The number of rotatable bonds is 2. The van der Waals surface area contributed by atoms with Crippen molar-refractivity contribution in [3.63, 3.8) is 0 Å². The lowest BCUT2D eigenvalue weighted by Gasteiger charge is -2.12. The van der Waals surface area contributed by atoms with Gasteiger partial charge < -0.3 is 0 Å². The second-order valence-corrected chi connectivity index (χ2v) is 7.95. The fourth-order valence-electron chi connectivity index (χ4n) is 4.63. The number of nitrogens with zero attached hydrogens (tertiary/aromatic N) is 2. The van der Waals surface area contributed by atoms with E-state index in [0.29, 0.717) is 0 Å². The molecule has 2 heteroatoms. The first-order valence-corrected chi connectivity index (χ1v) is 10.5. The minimum Gasteiger partial charge on any atom is -0.236 e. The zero-order valence-electron chi connectivity index (χ0n) is 17.2. The fraction of sp³-hybridized carbons (Fsp3) is 0.0345. The highest BCUT2D eigenvalue weighted by Gasteiger charge is 2.13. The molecular formula is C29H20N2. The van der Waals surface area contributed by atoms with Gasteiger partial charge in [-0.25, -0.2) is 9.97 Å². The van der Waals surface area contributed by atoms with E-state index < -0.39 is 0 Å². The summed E-state index contributed by atoms with van der Waals surface area (Å²) in [7, 11) is 0. The Morgan fingerprint density at radius 1 is 0.548 bits per heavy atom. The van der Waals surface area contributed by atoms with Crippen LogP contribution in [0.2, 0.25) is 0 Å². The lowest BCUT2D eigenvalue weighted by Crippen LogP contribution is -1.92. The van der Waals surface area contributed by atoms with Crippen LogP contribution in [0.5, 0.6) is 0 Å². The average molecular weight is 396 g/mol. The smallest absolute Gasteiger partial charge is 0.116 e. The zero-order chi connectivity index (χ0) is 20.8. The minimum absolute atomic E-state index is 0.970. The molecule has 6 aromatic rings. The van der Waals surface area contributed by atoms with Crippen LogP contribution in [0.4, 0.5) is 0 Å². The molecule has 1 heterocycles. The summed E-state index contributed by atoms with van der Waals surface area (Å²) in [5, 5.41) is 6.04. The summed E-state index contributed by atoms with van der Waals surface area (Å²) in [6.07, 6.45) is 1.70. The largest absolute Gasteiger partial charge is 0.236 e. The Morgan fingerprint density at radius 2 is 1.32 bits per heavy atom. The molecule has 0 unspecified atom stereocenters. The Bertz CT molecular complexity index is 1580. The van der Waals surface area contributed by atoms with Gasteiger partial charge in [0.25, 0.3) is 0 Å². The fourth-order valence-corrected chi connectivity index (χ4v) is 4.63. The molecule has 31 heavy (non-hydrogen) atoms. The van der Waals surface area contributed by atoms with E-state index in [-0.39, 0.29) is 0 Å². The van der Waals surface area contributed by atoms with Gasteiger partial charge in [-0.15, -0.1) is 0 Å². The first kappa shape index (κ1) is 17.8. The summed E-state index contributed by atoms with van der Waals surface area (Å²) in [6.45, 7) is 2.20. The quantitative estimate of drug-likeness (QED) is 0.223. The maximum atomic E-state index is 4.73. The van der Waals surface area contributed by atoms with Gasteiger partial charge in [0.1, 0.15) is 6.33 Å². The summed E-state index contributed by atoms with van der Waals surface area (Å²) in [5.41, 5.74) is 6.74. The second-order valence-electron chi connectivity index (χ2n) is 7.95. The van der Waals surface area contributed by atoms with Crippen molar-refractivity contribution in [2.24, 2.45) is 0 Å². The van der Waals surface area contributed by atoms with Crippen LogP contribution in [-0.4, -0.2) is 9.97 Å². The topological polar surface area (TPSA) is 25.8 Å². The van der Waals surface area contributed by atoms with Gasteiger partial charge in [-0.3, -0.25) is 0 Å². The van der Waals surface area contributed by atoms with Crippen LogP contribution in [0.15, 0.2) is 103 Å². The molecule has 2 nitrogen and oxygen atoms in total. The van der Waals surface area contributed by atoms with Crippen molar-refractivity contribution in [3.8, 4) is 22.4 Å². The van der Waals surface area contributed by atoms with Crippen molar-refractivity contribution < 1.29 is 0 Å². The van der Waals surface area contributed by atoms with Crippen LogP contribution < -0.4 is 0 Å². The van der Waals surface area contributed by atoms with E-state index in [0.717, 1.165) is 22.2 Å². The molecule has 0 bridgehead atoms. The van der Waals surface area contributed by atoms with Crippen molar-refractivity contribution >= 4 is 32.4 Å². The van der Waals surface area contributed by atoms with E-state index in [2.05, 4.69) is 97.9 Å². The number of aromatic nitrogens is 2. The van der Waals surface area contributed by atoms with Gasteiger partial charge in [0.05, 0.1) is 11.2 Å². The third-order valence-electron chi connectivity index (χ3n) is 6.13. The van der Waals surface area contributed by atoms with Crippen molar-refractivity contribution in [2.45, 2.75) is 6.92 Å². The molecule has 6 rings (SSSR count). The van der Waals surface area contributed by atoms with Gasteiger partial charge in [-0.05, 0) is 58.0 Å². The molecule has 0 fully saturated rings. The maximum absolute atomic E-state index is 4.73. The highest BCUT2D eigenvalue weighted by atomic mass is 14.8. The molecule has 0 saturated carbocycles. The lowest BCUT2D eigenvalue weighted by molar-refractivity contribution is 1.23. The van der Waals surface area contributed by atoms with Crippen molar-refractivity contribution in [1.82, 2.24) is 9.97 Å². The van der Waals surface area contributed by atoms with E-state index in [1.165, 1.54) is 38.2 Å². The number of aryl methyl sites for hydroxylation is 1. The maximum Gasteiger partial charge on any atom is 0.116 e. The Hall–Kier alpha value is -4.04. The molecule has 5 aromatic carbocycles. The number of fused-ring (bicyclic) bond motifs is 4. The van der Waals surface area contributed by atoms with Gasteiger partial charge in [-0.1, -0.05) is 78.9 Å². The highest BCUT2D eigenvalue weighted by molar-refractivity contribution is 6.15. The molecule has 0 N–H and O–H groups in total. The molecule has 0 aliphatic carbocycles. The lowest BCUT2D eigenvalue weighted by atomic mass is 9.94. The van der Waals surface area contributed by atoms with E-state index in [1.54, 1.807) is 6.33 Å². The summed E-state index contributed by atoms with van der Waals surface area (Å²) in [5.74, 6) is 0. The minimum atomic E-state index is 0.970. The van der Waals surface area contributed by atoms with E-state index in [4.69, 9.17) is 9.97 Å². The van der Waals surface area contributed by atoms with Crippen LogP contribution in [-0.2, 0) is 0 Å². The monoisotopic (exact) mass is 396 g/mol. The molecule has 1 aromatic heterocycles. The van der Waals surface area contributed by atoms with Crippen LogP contribution in [0.25, 0.3) is 54.8 Å². The average Bonchev–Trinajstić information content (AvgIpc) is 2.84. The normalized spacial score (nSPS) is 11.4. The molecule has 0 aliphatic heterocycles. The zero-order valence-corrected chi connectivity index (χ0v) is 17.2. The van der Waals surface area contributed by atoms with Crippen LogP contribution in [0.3, 0.4) is 0 Å². The van der Waals surface area contributed by atoms with Gasteiger partial charge in [0.15, 0.2) is 0 Å². The van der Waals surface area contributed by atoms with Gasteiger partial charge in [-0.2, -0.15) is 0 Å². The van der Waals surface area contributed by atoms with E-state index in [1.807, 2.05) is 6.07 Å². The Morgan fingerprint density at radius 3 is 2.23 bits per heavy atom. The van der Waals surface area contributed by atoms with Gasteiger partial charge >= 0.3 is 0 Å². The molecular weight excluding hydrogens is 376 g/mol. The Labute approximate surface area is 180 Å². The number of hydrogen-bond donors (Lipinski definition) is 0. The first-order valence-electron chi connectivity index (χ1n) is 10.5. The van der Waals surface area contributed by atoms with Crippen LogP contribution in [0.1, 0.15) is 5.56 Å². The third-order valence-corrected chi connectivity index (χ3v) is 6.13. The second kappa shape index (κ2) is 7.03. The van der Waals surface area contributed by atoms with Crippen LogP contribution in [0, 0.1) is 6.92 Å². The SMILES string of the molecule is Cc1c2ccccc2cc2ccc3c(-c4cccc(-c5ccccc5)c4)ncnc3c12. The molecule has 146 valence electrons.